The van der Waals surface area contributed by atoms with E-state index >= 15 is 0 Å². The van der Waals surface area contributed by atoms with Crippen LogP contribution in [-0.2, 0) is 9.53 Å². The lowest BCUT2D eigenvalue weighted by atomic mass is 10.1. The van der Waals surface area contributed by atoms with Gasteiger partial charge in [-0.3, -0.25) is 0 Å². The molecule has 0 saturated carbocycles. The van der Waals surface area contributed by atoms with Gasteiger partial charge in [0.25, 0.3) is 0 Å². The summed E-state index contributed by atoms with van der Waals surface area (Å²) in [6.45, 7) is 3.77. The van der Waals surface area contributed by atoms with E-state index in [1.54, 1.807) is 37.3 Å². The molecular formula is C26H20NO6S-. The first-order valence-electron chi connectivity index (χ1n) is 10.4. The molecule has 4 rings (SSSR count). The molecule has 2 heterocycles. The first kappa shape index (κ1) is 23.1. The Kier molecular flexibility index (Phi) is 6.70. The van der Waals surface area contributed by atoms with Crippen LogP contribution < -0.4 is 5.11 Å². The lowest BCUT2D eigenvalue weighted by Gasteiger charge is -2.10. The first-order valence-corrected chi connectivity index (χ1v) is 11.2. The second kappa shape index (κ2) is 9.84. The number of nitrogens with zero attached hydrogens (tertiary/aromatic N) is 1. The van der Waals surface area contributed by atoms with Crippen molar-refractivity contribution in [1.29, 1.82) is 0 Å². The smallest absolute Gasteiger partial charge is 0.340 e. The average molecular weight is 475 g/mol. The van der Waals surface area contributed by atoms with Crippen LogP contribution >= 0.6 is 11.8 Å². The highest BCUT2D eigenvalue weighted by Crippen LogP contribution is 2.39. The van der Waals surface area contributed by atoms with Crippen molar-refractivity contribution >= 4 is 40.5 Å². The molecule has 3 aromatic rings. The quantitative estimate of drug-likeness (QED) is 0.503. The summed E-state index contributed by atoms with van der Waals surface area (Å²) in [7, 11) is 0. The standard InChI is InChI=1S/C26H21NO6S/c1-3-32-26(31)22-23(28)21(34-24(22)27-18-10-4-15(2)5-11-18)14-19-12-13-20(33-19)16-6-8-17(9-7-16)25(29)30/h4-14,28H,3H2,1-2H3,(H,29,30)/p-1/b21-14-,27-24?. The van der Waals surface area contributed by atoms with Crippen molar-refractivity contribution in [2.45, 2.75) is 13.8 Å². The van der Waals surface area contributed by atoms with Crippen molar-refractivity contribution in [2.75, 3.05) is 6.61 Å². The number of ether oxygens (including phenoxy) is 1. The number of aryl methyl sites for hydroxylation is 1. The van der Waals surface area contributed by atoms with E-state index in [2.05, 4.69) is 4.99 Å². The van der Waals surface area contributed by atoms with Crippen LogP contribution in [0.1, 0.15) is 28.6 Å². The van der Waals surface area contributed by atoms with Gasteiger partial charge in [-0.05, 0) is 56.3 Å². The van der Waals surface area contributed by atoms with Gasteiger partial charge in [0.1, 0.15) is 16.6 Å². The molecule has 0 spiro atoms. The third-order valence-electron chi connectivity index (χ3n) is 4.93. The molecule has 34 heavy (non-hydrogen) atoms. The second-order valence-electron chi connectivity index (χ2n) is 7.37. The van der Waals surface area contributed by atoms with Gasteiger partial charge in [0.05, 0.1) is 23.4 Å². The van der Waals surface area contributed by atoms with Crippen molar-refractivity contribution < 1.29 is 29.0 Å². The number of esters is 1. The summed E-state index contributed by atoms with van der Waals surface area (Å²) >= 11 is 1.08. The Bertz CT molecular complexity index is 1330. The molecule has 1 N–H and O–H groups in total. The average Bonchev–Trinajstić information content (AvgIpc) is 3.40. The summed E-state index contributed by atoms with van der Waals surface area (Å²) in [4.78, 5) is 28.3. The highest BCUT2D eigenvalue weighted by Gasteiger charge is 2.28. The van der Waals surface area contributed by atoms with Gasteiger partial charge in [0, 0.05) is 10.5 Å². The van der Waals surface area contributed by atoms with E-state index in [0.717, 1.165) is 17.3 Å². The SMILES string of the molecule is CCOC(=O)C1=C([O-])/C(=C/c2ccc(-c3ccc(C(=O)O)cc3)o2)SC1=Nc1ccc(C)cc1. The van der Waals surface area contributed by atoms with E-state index in [-0.39, 0.29) is 27.7 Å². The number of benzene rings is 2. The minimum atomic E-state index is -1.01. The number of hydrogen-bond acceptors (Lipinski definition) is 7. The van der Waals surface area contributed by atoms with Crippen LogP contribution in [0.25, 0.3) is 17.4 Å². The van der Waals surface area contributed by atoms with Crippen molar-refractivity contribution in [1.82, 2.24) is 0 Å². The van der Waals surface area contributed by atoms with Crippen LogP contribution in [0.2, 0.25) is 0 Å². The second-order valence-corrected chi connectivity index (χ2v) is 8.40. The molecule has 0 radical (unpaired) electrons. The van der Waals surface area contributed by atoms with Crippen molar-refractivity contribution in [3.63, 3.8) is 0 Å². The van der Waals surface area contributed by atoms with Gasteiger partial charge < -0.3 is 19.4 Å². The van der Waals surface area contributed by atoms with Crippen molar-refractivity contribution in [3.05, 3.63) is 93.8 Å². The minimum absolute atomic E-state index is 0.102. The number of carboxylic acid groups (broad SMARTS) is 1. The van der Waals surface area contributed by atoms with Gasteiger partial charge in [0.2, 0.25) is 0 Å². The highest BCUT2D eigenvalue weighted by molar-refractivity contribution is 8.18. The summed E-state index contributed by atoms with van der Waals surface area (Å²) in [5.74, 6) is -1.27. The van der Waals surface area contributed by atoms with Crippen LogP contribution in [0.15, 0.2) is 86.3 Å². The Labute approximate surface area is 200 Å². The number of carboxylic acids is 1. The summed E-state index contributed by atoms with van der Waals surface area (Å²) in [6, 6.07) is 17.1. The Hall–Kier alpha value is -4.04. The number of thioether (sulfide) groups is 1. The molecule has 1 aliphatic rings. The zero-order valence-electron chi connectivity index (χ0n) is 18.4. The van der Waals surface area contributed by atoms with E-state index < -0.39 is 17.7 Å². The molecule has 0 atom stereocenters. The molecule has 8 heteroatoms. The van der Waals surface area contributed by atoms with E-state index in [1.165, 1.54) is 12.1 Å². The largest absolute Gasteiger partial charge is 0.871 e. The first-order chi connectivity index (χ1) is 16.4. The molecular weight excluding hydrogens is 454 g/mol. The van der Waals surface area contributed by atoms with E-state index in [1.807, 2.05) is 31.2 Å². The lowest BCUT2D eigenvalue weighted by Crippen LogP contribution is -2.16. The fourth-order valence-electron chi connectivity index (χ4n) is 3.21. The topological polar surface area (TPSA) is 112 Å². The predicted octanol–water partition coefficient (Wildman–Crippen LogP) is 4.95. The number of hydrogen-bond donors (Lipinski definition) is 1. The number of rotatable bonds is 6. The number of aliphatic imine (C=N–C) groups is 1. The van der Waals surface area contributed by atoms with Gasteiger partial charge in [-0.1, -0.05) is 47.3 Å². The molecule has 2 aromatic carbocycles. The maximum Gasteiger partial charge on any atom is 0.340 e. The van der Waals surface area contributed by atoms with Gasteiger partial charge in [-0.2, -0.15) is 0 Å². The summed E-state index contributed by atoms with van der Waals surface area (Å²) in [6.07, 6.45) is 1.55. The van der Waals surface area contributed by atoms with Crippen LogP contribution in [0.5, 0.6) is 0 Å². The van der Waals surface area contributed by atoms with E-state index in [4.69, 9.17) is 14.3 Å². The Morgan fingerprint density at radius 2 is 1.79 bits per heavy atom. The molecule has 0 bridgehead atoms. The van der Waals surface area contributed by atoms with Gasteiger partial charge in [-0.25, -0.2) is 14.6 Å². The molecule has 0 saturated heterocycles. The Morgan fingerprint density at radius 1 is 1.09 bits per heavy atom. The molecule has 1 aromatic heterocycles. The van der Waals surface area contributed by atoms with Gasteiger partial charge >= 0.3 is 11.9 Å². The third kappa shape index (κ3) is 4.97. The van der Waals surface area contributed by atoms with Crippen LogP contribution in [0.4, 0.5) is 5.69 Å². The van der Waals surface area contributed by atoms with Crippen molar-refractivity contribution in [3.8, 4) is 11.3 Å². The zero-order chi connectivity index (χ0) is 24.2. The summed E-state index contributed by atoms with van der Waals surface area (Å²) in [5.41, 5.74) is 2.46. The fraction of sp³-hybridized carbons (Fsp3) is 0.115. The van der Waals surface area contributed by atoms with E-state index in [0.29, 0.717) is 22.8 Å². The van der Waals surface area contributed by atoms with Gasteiger partial charge in [-0.15, -0.1) is 0 Å². The van der Waals surface area contributed by atoms with Crippen LogP contribution in [0, 0.1) is 6.92 Å². The molecule has 0 amide bonds. The normalized spacial score (nSPS) is 15.8. The lowest BCUT2D eigenvalue weighted by molar-refractivity contribution is -0.296. The van der Waals surface area contributed by atoms with Crippen LogP contribution in [0.3, 0.4) is 0 Å². The molecule has 1 aliphatic heterocycles. The number of carbonyl (C=O) groups excluding carboxylic acids is 1. The van der Waals surface area contributed by atoms with Crippen molar-refractivity contribution in [2.24, 2.45) is 4.99 Å². The number of aromatic carboxylic acids is 1. The number of carbonyl (C=O) groups is 2. The predicted molar refractivity (Wildman–Crippen MR) is 129 cm³/mol. The Morgan fingerprint density at radius 3 is 2.44 bits per heavy atom. The molecule has 172 valence electrons. The van der Waals surface area contributed by atoms with Crippen LogP contribution in [-0.4, -0.2) is 28.7 Å². The highest BCUT2D eigenvalue weighted by atomic mass is 32.2. The summed E-state index contributed by atoms with van der Waals surface area (Å²) in [5, 5.41) is 22.4. The summed E-state index contributed by atoms with van der Waals surface area (Å²) < 4.78 is 10.9. The zero-order valence-corrected chi connectivity index (χ0v) is 19.2. The fourth-order valence-corrected chi connectivity index (χ4v) is 4.21. The maximum absolute atomic E-state index is 13.1. The van der Waals surface area contributed by atoms with E-state index in [9.17, 15) is 14.7 Å². The number of furan rings is 1. The minimum Gasteiger partial charge on any atom is -0.871 e. The molecule has 0 aliphatic carbocycles. The molecule has 0 fully saturated rings. The monoisotopic (exact) mass is 474 g/mol. The maximum atomic E-state index is 13.1. The third-order valence-corrected chi connectivity index (χ3v) is 5.94. The molecule has 7 nitrogen and oxygen atoms in total. The molecule has 0 unspecified atom stereocenters. The van der Waals surface area contributed by atoms with Gasteiger partial charge in [0.15, 0.2) is 0 Å². The Balaban J connectivity index is 1.66.